The lowest BCUT2D eigenvalue weighted by molar-refractivity contribution is 0.668. The Morgan fingerprint density at radius 1 is 0.300 bits per heavy atom. The molecule has 0 fully saturated rings. The molecule has 0 spiro atoms. The van der Waals surface area contributed by atoms with Crippen molar-refractivity contribution >= 4 is 43.9 Å². The van der Waals surface area contributed by atoms with Crippen molar-refractivity contribution in [2.45, 2.75) is 0 Å². The molecular formula is C45H27N3O2. The van der Waals surface area contributed by atoms with Gasteiger partial charge in [-0.15, -0.1) is 0 Å². The highest BCUT2D eigenvalue weighted by Crippen LogP contribution is 2.39. The van der Waals surface area contributed by atoms with E-state index < -0.39 is 0 Å². The van der Waals surface area contributed by atoms with E-state index in [1.807, 2.05) is 78.9 Å². The number of para-hydroxylation sites is 1. The number of hydrogen-bond acceptors (Lipinski definition) is 5. The van der Waals surface area contributed by atoms with Crippen molar-refractivity contribution < 1.29 is 8.83 Å². The summed E-state index contributed by atoms with van der Waals surface area (Å²) in [5.74, 6) is 1.77. The molecule has 0 unspecified atom stereocenters. The standard InChI is InChI=1S/C45H27N3O2/c1-3-10-28(11-4-1)29-18-20-30(21-19-29)32-22-24-40-37(26-32)42-35(15-9-17-41(42)50-40)45-47-43(31-12-5-2-6-13-31)46-44(48-45)33-23-25-39-36(27-33)34-14-7-8-16-38(34)49-39/h1-27H. The molecule has 0 atom stereocenters. The highest BCUT2D eigenvalue weighted by molar-refractivity contribution is 6.13. The SMILES string of the molecule is c1ccc(-c2ccc(-c3ccc4oc5cccc(-c6nc(-c7ccccc7)nc(-c7ccc8oc9ccccc9c8c7)n6)c5c4c3)cc2)cc1. The first kappa shape index (κ1) is 28.2. The maximum atomic E-state index is 6.41. The Hall–Kier alpha value is -6.85. The van der Waals surface area contributed by atoms with E-state index in [-0.39, 0.29) is 0 Å². The molecule has 0 aliphatic heterocycles. The van der Waals surface area contributed by atoms with Crippen molar-refractivity contribution in [3.8, 4) is 56.4 Å². The van der Waals surface area contributed by atoms with Gasteiger partial charge in [0, 0.05) is 38.2 Å². The van der Waals surface area contributed by atoms with Crippen molar-refractivity contribution in [3.63, 3.8) is 0 Å². The number of hydrogen-bond donors (Lipinski definition) is 0. The minimum atomic E-state index is 0.580. The third-order valence-electron chi connectivity index (χ3n) is 9.36. The quantitative estimate of drug-likeness (QED) is 0.187. The molecule has 0 aliphatic carbocycles. The van der Waals surface area contributed by atoms with E-state index in [4.69, 9.17) is 23.8 Å². The molecule has 0 saturated carbocycles. The molecule has 0 saturated heterocycles. The zero-order valence-electron chi connectivity index (χ0n) is 26.7. The van der Waals surface area contributed by atoms with Gasteiger partial charge in [-0.1, -0.05) is 121 Å². The molecular weight excluding hydrogens is 615 g/mol. The summed E-state index contributed by atoms with van der Waals surface area (Å²) in [5, 5.41) is 4.06. The van der Waals surface area contributed by atoms with Crippen LogP contribution in [0.5, 0.6) is 0 Å². The molecule has 5 nitrogen and oxygen atoms in total. The van der Waals surface area contributed by atoms with Gasteiger partial charge in [-0.05, 0) is 64.7 Å². The van der Waals surface area contributed by atoms with E-state index in [9.17, 15) is 0 Å². The Kier molecular flexibility index (Phi) is 6.42. The maximum Gasteiger partial charge on any atom is 0.164 e. The topological polar surface area (TPSA) is 65.0 Å². The second-order valence-electron chi connectivity index (χ2n) is 12.4. The molecule has 5 heteroatoms. The van der Waals surface area contributed by atoms with Crippen LogP contribution in [0.25, 0.3) is 100 Å². The van der Waals surface area contributed by atoms with Gasteiger partial charge in [0.15, 0.2) is 17.5 Å². The fraction of sp³-hybridized carbons (Fsp3) is 0. The number of rotatable bonds is 5. The predicted octanol–water partition coefficient (Wildman–Crippen LogP) is 12.0. The van der Waals surface area contributed by atoms with Crippen LogP contribution in [0.3, 0.4) is 0 Å². The monoisotopic (exact) mass is 641 g/mol. The third kappa shape index (κ3) is 4.75. The predicted molar refractivity (Wildman–Crippen MR) is 202 cm³/mol. The first-order valence-corrected chi connectivity index (χ1v) is 16.6. The van der Waals surface area contributed by atoms with Gasteiger partial charge in [-0.2, -0.15) is 0 Å². The van der Waals surface area contributed by atoms with E-state index >= 15 is 0 Å². The van der Waals surface area contributed by atoms with E-state index in [0.29, 0.717) is 17.5 Å². The average Bonchev–Trinajstić information content (AvgIpc) is 3.76. The van der Waals surface area contributed by atoms with E-state index in [1.165, 1.54) is 11.1 Å². The van der Waals surface area contributed by atoms with Crippen molar-refractivity contribution in [1.82, 2.24) is 15.0 Å². The minimum Gasteiger partial charge on any atom is -0.456 e. The van der Waals surface area contributed by atoms with Crippen LogP contribution in [0.2, 0.25) is 0 Å². The summed E-state index contributed by atoms with van der Waals surface area (Å²) in [6.07, 6.45) is 0. The van der Waals surface area contributed by atoms with Gasteiger partial charge in [0.1, 0.15) is 22.3 Å². The highest BCUT2D eigenvalue weighted by Gasteiger charge is 2.19. The summed E-state index contributed by atoms with van der Waals surface area (Å²) in [4.78, 5) is 15.2. The first-order chi connectivity index (χ1) is 24.7. The second-order valence-corrected chi connectivity index (χ2v) is 12.4. The second kappa shape index (κ2) is 11.4. The number of nitrogens with zero attached hydrogens (tertiary/aromatic N) is 3. The largest absolute Gasteiger partial charge is 0.456 e. The smallest absolute Gasteiger partial charge is 0.164 e. The lowest BCUT2D eigenvalue weighted by Crippen LogP contribution is -2.00. The van der Waals surface area contributed by atoms with Gasteiger partial charge < -0.3 is 8.83 Å². The van der Waals surface area contributed by atoms with Gasteiger partial charge in [-0.25, -0.2) is 15.0 Å². The molecule has 3 aromatic heterocycles. The van der Waals surface area contributed by atoms with Crippen molar-refractivity contribution in [1.29, 1.82) is 0 Å². The lowest BCUT2D eigenvalue weighted by Gasteiger charge is -2.09. The van der Waals surface area contributed by atoms with Crippen LogP contribution in [-0.4, -0.2) is 15.0 Å². The Morgan fingerprint density at radius 3 is 1.58 bits per heavy atom. The average molecular weight is 642 g/mol. The first-order valence-electron chi connectivity index (χ1n) is 16.6. The van der Waals surface area contributed by atoms with Gasteiger partial charge in [0.2, 0.25) is 0 Å². The molecule has 0 bridgehead atoms. The number of benzene rings is 7. The minimum absolute atomic E-state index is 0.580. The van der Waals surface area contributed by atoms with E-state index in [2.05, 4.69) is 84.9 Å². The molecule has 234 valence electrons. The van der Waals surface area contributed by atoms with Crippen LogP contribution in [0.15, 0.2) is 173 Å². The number of furan rings is 2. The number of aromatic nitrogens is 3. The molecule has 10 aromatic rings. The summed E-state index contributed by atoms with van der Waals surface area (Å²) in [6.45, 7) is 0. The number of fused-ring (bicyclic) bond motifs is 6. The lowest BCUT2D eigenvalue weighted by atomic mass is 9.98. The molecule has 7 aromatic carbocycles. The van der Waals surface area contributed by atoms with Crippen molar-refractivity contribution in [3.05, 3.63) is 164 Å². The molecule has 50 heavy (non-hydrogen) atoms. The molecule has 0 aliphatic rings. The zero-order valence-corrected chi connectivity index (χ0v) is 26.7. The summed E-state index contributed by atoms with van der Waals surface area (Å²) in [7, 11) is 0. The van der Waals surface area contributed by atoms with Crippen LogP contribution in [0.4, 0.5) is 0 Å². The van der Waals surface area contributed by atoms with Crippen molar-refractivity contribution in [2.75, 3.05) is 0 Å². The fourth-order valence-electron chi connectivity index (χ4n) is 6.89. The van der Waals surface area contributed by atoms with Gasteiger partial charge >= 0.3 is 0 Å². The molecule has 0 radical (unpaired) electrons. The van der Waals surface area contributed by atoms with E-state index in [0.717, 1.165) is 71.7 Å². The van der Waals surface area contributed by atoms with Gasteiger partial charge in [0.05, 0.1) is 0 Å². The van der Waals surface area contributed by atoms with Crippen LogP contribution in [-0.2, 0) is 0 Å². The highest BCUT2D eigenvalue weighted by atomic mass is 16.3. The Labute approximate surface area is 287 Å². The summed E-state index contributed by atoms with van der Waals surface area (Å²) < 4.78 is 12.5. The Morgan fingerprint density at radius 2 is 0.800 bits per heavy atom. The van der Waals surface area contributed by atoms with Crippen LogP contribution in [0, 0.1) is 0 Å². The van der Waals surface area contributed by atoms with Crippen LogP contribution < -0.4 is 0 Å². The van der Waals surface area contributed by atoms with Gasteiger partial charge in [-0.3, -0.25) is 0 Å². The van der Waals surface area contributed by atoms with Gasteiger partial charge in [0.25, 0.3) is 0 Å². The van der Waals surface area contributed by atoms with Crippen LogP contribution >= 0.6 is 0 Å². The third-order valence-corrected chi connectivity index (χ3v) is 9.36. The Bertz CT molecular complexity index is 2850. The summed E-state index contributed by atoms with van der Waals surface area (Å²) in [6, 6.07) is 55.9. The van der Waals surface area contributed by atoms with Crippen LogP contribution in [0.1, 0.15) is 0 Å². The maximum absolute atomic E-state index is 6.41. The fourth-order valence-corrected chi connectivity index (χ4v) is 6.89. The normalized spacial score (nSPS) is 11.6. The van der Waals surface area contributed by atoms with Crippen molar-refractivity contribution in [2.24, 2.45) is 0 Å². The molecule has 3 heterocycles. The molecule has 10 rings (SSSR count). The summed E-state index contributed by atoms with van der Waals surface area (Å²) >= 11 is 0. The summed E-state index contributed by atoms with van der Waals surface area (Å²) in [5.41, 5.74) is 10.6. The molecule has 0 amide bonds. The zero-order chi connectivity index (χ0) is 33.0. The molecule has 0 N–H and O–H groups in total. The Balaban J connectivity index is 1.14. The van der Waals surface area contributed by atoms with E-state index in [1.54, 1.807) is 0 Å².